The summed E-state index contributed by atoms with van der Waals surface area (Å²) >= 11 is 6.12. The molecule has 19 heavy (non-hydrogen) atoms. The first kappa shape index (κ1) is 13.4. The molecule has 5 heteroatoms. The van der Waals surface area contributed by atoms with Gasteiger partial charge in [-0.1, -0.05) is 11.6 Å². The van der Waals surface area contributed by atoms with Gasteiger partial charge < -0.3 is 10.0 Å². The minimum absolute atomic E-state index is 0.186. The Labute approximate surface area is 116 Å². The van der Waals surface area contributed by atoms with Crippen molar-refractivity contribution < 1.29 is 9.90 Å². The van der Waals surface area contributed by atoms with Crippen LogP contribution in [-0.2, 0) is 6.54 Å². The Morgan fingerprint density at radius 3 is 2.58 bits per heavy atom. The second kappa shape index (κ2) is 5.71. The van der Waals surface area contributed by atoms with Crippen molar-refractivity contribution >= 4 is 23.3 Å². The van der Waals surface area contributed by atoms with E-state index in [2.05, 4.69) is 4.98 Å². The van der Waals surface area contributed by atoms with Crippen molar-refractivity contribution in [2.45, 2.75) is 6.54 Å². The Bertz CT molecular complexity index is 587. The molecule has 0 aliphatic carbocycles. The number of carboxylic acids is 1. The smallest absolute Gasteiger partial charge is 0.335 e. The zero-order chi connectivity index (χ0) is 13.8. The van der Waals surface area contributed by atoms with Gasteiger partial charge in [0.2, 0.25) is 0 Å². The van der Waals surface area contributed by atoms with Gasteiger partial charge in [-0.15, -0.1) is 0 Å². The van der Waals surface area contributed by atoms with E-state index in [1.165, 1.54) is 6.07 Å². The number of pyridine rings is 1. The van der Waals surface area contributed by atoms with Crippen LogP contribution in [0, 0.1) is 0 Å². The summed E-state index contributed by atoms with van der Waals surface area (Å²) in [5, 5.41) is 9.32. The maximum Gasteiger partial charge on any atom is 0.335 e. The van der Waals surface area contributed by atoms with Crippen LogP contribution in [0.3, 0.4) is 0 Å². The highest BCUT2D eigenvalue weighted by molar-refractivity contribution is 6.33. The monoisotopic (exact) mass is 276 g/mol. The molecule has 1 aromatic carbocycles. The van der Waals surface area contributed by atoms with E-state index in [9.17, 15) is 4.79 Å². The third kappa shape index (κ3) is 3.23. The molecule has 0 atom stereocenters. The van der Waals surface area contributed by atoms with Crippen LogP contribution >= 0.6 is 11.6 Å². The molecule has 0 amide bonds. The Morgan fingerprint density at radius 1 is 1.32 bits per heavy atom. The van der Waals surface area contributed by atoms with Crippen molar-refractivity contribution in [1.29, 1.82) is 0 Å². The van der Waals surface area contributed by atoms with Crippen molar-refractivity contribution in [2.75, 3.05) is 11.9 Å². The maximum atomic E-state index is 10.8. The van der Waals surface area contributed by atoms with Gasteiger partial charge in [-0.3, -0.25) is 4.98 Å². The molecular formula is C14H13ClN2O2. The lowest BCUT2D eigenvalue weighted by Crippen LogP contribution is -2.17. The molecule has 1 N–H and O–H groups in total. The highest BCUT2D eigenvalue weighted by Crippen LogP contribution is 2.27. The molecule has 0 aliphatic rings. The van der Waals surface area contributed by atoms with Gasteiger partial charge >= 0.3 is 5.97 Å². The van der Waals surface area contributed by atoms with E-state index in [1.54, 1.807) is 24.5 Å². The number of rotatable bonds is 4. The second-order valence-corrected chi connectivity index (χ2v) is 4.59. The molecule has 2 aromatic rings. The highest BCUT2D eigenvalue weighted by atomic mass is 35.5. The van der Waals surface area contributed by atoms with Crippen molar-refractivity contribution in [1.82, 2.24) is 4.98 Å². The number of hydrogen-bond acceptors (Lipinski definition) is 3. The molecular weight excluding hydrogens is 264 g/mol. The van der Waals surface area contributed by atoms with Crippen LogP contribution in [0.2, 0.25) is 5.02 Å². The summed E-state index contributed by atoms with van der Waals surface area (Å²) in [5.74, 6) is -0.981. The maximum absolute atomic E-state index is 10.8. The first-order valence-corrected chi connectivity index (χ1v) is 6.08. The van der Waals surface area contributed by atoms with Crippen LogP contribution in [-0.4, -0.2) is 23.1 Å². The normalized spacial score (nSPS) is 10.2. The van der Waals surface area contributed by atoms with Gasteiger partial charge in [-0.2, -0.15) is 0 Å². The van der Waals surface area contributed by atoms with Crippen LogP contribution in [0.15, 0.2) is 42.7 Å². The number of nitrogens with zero attached hydrogens (tertiary/aromatic N) is 2. The van der Waals surface area contributed by atoms with E-state index in [-0.39, 0.29) is 5.56 Å². The zero-order valence-corrected chi connectivity index (χ0v) is 11.1. The molecule has 1 aromatic heterocycles. The van der Waals surface area contributed by atoms with Gasteiger partial charge in [0.1, 0.15) is 0 Å². The Balaban J connectivity index is 2.20. The van der Waals surface area contributed by atoms with Crippen molar-refractivity contribution in [3.05, 3.63) is 58.9 Å². The number of aromatic carboxylic acids is 1. The average Bonchev–Trinajstić information content (AvgIpc) is 2.39. The number of halogens is 1. The average molecular weight is 277 g/mol. The lowest BCUT2D eigenvalue weighted by atomic mass is 10.2. The van der Waals surface area contributed by atoms with Gasteiger partial charge in [0.05, 0.1) is 16.3 Å². The molecule has 0 saturated carbocycles. The molecule has 0 spiro atoms. The number of carboxylic acid groups (broad SMARTS) is 1. The largest absolute Gasteiger partial charge is 0.478 e. The fourth-order valence-electron chi connectivity index (χ4n) is 1.80. The van der Waals surface area contributed by atoms with Crippen LogP contribution < -0.4 is 4.90 Å². The van der Waals surface area contributed by atoms with Crippen molar-refractivity contribution in [3.63, 3.8) is 0 Å². The Kier molecular flexibility index (Phi) is 4.02. The summed E-state index contributed by atoms with van der Waals surface area (Å²) in [4.78, 5) is 16.8. The molecule has 0 radical (unpaired) electrons. The standard InChI is InChI=1S/C14H13ClN2O2/c1-17(9-10-4-6-16-7-5-10)13-3-2-11(14(18)19)8-12(13)15/h2-8H,9H2,1H3,(H,18,19). The summed E-state index contributed by atoms with van der Waals surface area (Å²) in [6.45, 7) is 0.675. The predicted octanol–water partition coefficient (Wildman–Crippen LogP) is 3.07. The number of carbonyl (C=O) groups is 1. The van der Waals surface area contributed by atoms with E-state index in [4.69, 9.17) is 16.7 Å². The first-order valence-electron chi connectivity index (χ1n) is 5.71. The molecule has 0 unspecified atom stereocenters. The van der Waals surface area contributed by atoms with Crippen LogP contribution in [0.5, 0.6) is 0 Å². The van der Waals surface area contributed by atoms with Crippen LogP contribution in [0.4, 0.5) is 5.69 Å². The molecule has 2 rings (SSSR count). The minimum atomic E-state index is -0.981. The van der Waals surface area contributed by atoms with E-state index in [0.717, 1.165) is 11.3 Å². The SMILES string of the molecule is CN(Cc1ccncc1)c1ccc(C(=O)O)cc1Cl. The van der Waals surface area contributed by atoms with Crippen molar-refractivity contribution in [2.24, 2.45) is 0 Å². The van der Waals surface area contributed by atoms with E-state index in [0.29, 0.717) is 11.6 Å². The van der Waals surface area contributed by atoms with E-state index in [1.807, 2.05) is 24.1 Å². The predicted molar refractivity (Wildman–Crippen MR) is 74.8 cm³/mol. The molecule has 0 aliphatic heterocycles. The third-order valence-electron chi connectivity index (χ3n) is 2.77. The van der Waals surface area contributed by atoms with Gasteiger partial charge in [0, 0.05) is 26.0 Å². The molecule has 0 saturated heterocycles. The highest BCUT2D eigenvalue weighted by Gasteiger charge is 2.10. The molecule has 0 fully saturated rings. The zero-order valence-electron chi connectivity index (χ0n) is 10.4. The van der Waals surface area contributed by atoms with Crippen LogP contribution in [0.25, 0.3) is 0 Å². The minimum Gasteiger partial charge on any atom is -0.478 e. The van der Waals surface area contributed by atoms with Gasteiger partial charge in [0.25, 0.3) is 0 Å². The Hall–Kier alpha value is -2.07. The summed E-state index contributed by atoms with van der Waals surface area (Å²) in [6.07, 6.45) is 3.47. The first-order chi connectivity index (χ1) is 9.08. The number of aromatic nitrogens is 1. The Morgan fingerprint density at radius 2 is 2.00 bits per heavy atom. The van der Waals surface area contributed by atoms with Gasteiger partial charge in [-0.05, 0) is 35.9 Å². The van der Waals surface area contributed by atoms with E-state index < -0.39 is 5.97 Å². The fraction of sp³-hybridized carbons (Fsp3) is 0.143. The number of hydrogen-bond donors (Lipinski definition) is 1. The lowest BCUT2D eigenvalue weighted by Gasteiger charge is -2.20. The summed E-state index contributed by atoms with van der Waals surface area (Å²) in [5.41, 5.74) is 2.09. The van der Waals surface area contributed by atoms with E-state index >= 15 is 0 Å². The lowest BCUT2D eigenvalue weighted by molar-refractivity contribution is 0.0697. The van der Waals surface area contributed by atoms with Gasteiger partial charge in [0.15, 0.2) is 0 Å². The molecule has 98 valence electrons. The molecule has 0 bridgehead atoms. The summed E-state index contributed by atoms with van der Waals surface area (Å²) in [6, 6.07) is 8.58. The summed E-state index contributed by atoms with van der Waals surface area (Å²) < 4.78 is 0. The number of anilines is 1. The molecule has 1 heterocycles. The summed E-state index contributed by atoms with van der Waals surface area (Å²) in [7, 11) is 1.90. The van der Waals surface area contributed by atoms with Gasteiger partial charge in [-0.25, -0.2) is 4.79 Å². The molecule has 4 nitrogen and oxygen atoms in total. The third-order valence-corrected chi connectivity index (χ3v) is 3.08. The van der Waals surface area contributed by atoms with Crippen molar-refractivity contribution in [3.8, 4) is 0 Å². The quantitative estimate of drug-likeness (QED) is 0.932. The number of benzene rings is 1. The second-order valence-electron chi connectivity index (χ2n) is 4.18. The van der Waals surface area contributed by atoms with Crippen LogP contribution in [0.1, 0.15) is 15.9 Å². The topological polar surface area (TPSA) is 53.4 Å². The fourth-order valence-corrected chi connectivity index (χ4v) is 2.12.